The molecule has 0 unspecified atom stereocenters. The minimum Gasteiger partial charge on any atom is -0.494 e. The number of carbonyl (C=O) groups excluding carboxylic acids is 1. The highest BCUT2D eigenvalue weighted by molar-refractivity contribution is 5.98. The molecule has 0 saturated heterocycles. The normalized spacial score (nSPS) is 13.2. The highest BCUT2D eigenvalue weighted by atomic mass is 16.5. The average Bonchev–Trinajstić information content (AvgIpc) is 2.58. The molecule has 0 spiro atoms. The first kappa shape index (κ1) is 21.0. The van der Waals surface area contributed by atoms with Gasteiger partial charge in [0.05, 0.1) is 17.9 Å². The van der Waals surface area contributed by atoms with Gasteiger partial charge in [0, 0.05) is 6.61 Å². The Morgan fingerprint density at radius 3 is 2.52 bits per heavy atom. The Labute approximate surface area is 151 Å². The maximum Gasteiger partial charge on any atom is 0.256 e. The van der Waals surface area contributed by atoms with E-state index in [1.807, 2.05) is 20.8 Å². The molecule has 0 radical (unpaired) electrons. The lowest BCUT2D eigenvalue weighted by Crippen LogP contribution is -2.44. The molecule has 5 nitrogen and oxygen atoms in total. The van der Waals surface area contributed by atoms with E-state index < -0.39 is 5.60 Å². The Balaban J connectivity index is 2.97. The Bertz CT molecular complexity index is 607. The van der Waals surface area contributed by atoms with Crippen LogP contribution in [-0.2, 0) is 9.53 Å². The molecule has 1 amide bonds. The number of rotatable bonds is 10. The van der Waals surface area contributed by atoms with Gasteiger partial charge in [-0.3, -0.25) is 4.79 Å². The molecule has 138 valence electrons. The molecular weight excluding hydrogens is 316 g/mol. The molecule has 5 heteroatoms. The van der Waals surface area contributed by atoms with Gasteiger partial charge in [-0.25, -0.2) is 0 Å². The zero-order valence-electron chi connectivity index (χ0n) is 16.0. The van der Waals surface area contributed by atoms with Crippen molar-refractivity contribution in [3.8, 4) is 11.8 Å². The molecule has 0 aromatic heterocycles. The number of amides is 1. The lowest BCUT2D eigenvalue weighted by Gasteiger charge is -2.30. The first-order valence-corrected chi connectivity index (χ1v) is 8.98. The zero-order valence-corrected chi connectivity index (χ0v) is 16.0. The highest BCUT2D eigenvalue weighted by Crippen LogP contribution is 2.26. The number of nitriles is 1. The lowest BCUT2D eigenvalue weighted by atomic mass is 9.92. The van der Waals surface area contributed by atoms with Gasteiger partial charge in [0.2, 0.25) is 0 Å². The molecule has 1 rings (SSSR count). The number of hydrogen-bond acceptors (Lipinski definition) is 4. The van der Waals surface area contributed by atoms with Crippen molar-refractivity contribution in [2.24, 2.45) is 5.92 Å². The summed E-state index contributed by atoms with van der Waals surface area (Å²) in [5.41, 5.74) is -0.0651. The van der Waals surface area contributed by atoms with E-state index in [0.29, 0.717) is 42.6 Å². The predicted molar refractivity (Wildman–Crippen MR) is 99.7 cm³/mol. The molecule has 1 atom stereocenters. The van der Waals surface area contributed by atoms with E-state index >= 15 is 0 Å². The topological polar surface area (TPSA) is 71.3 Å². The van der Waals surface area contributed by atoms with Crippen LogP contribution in [0, 0.1) is 17.2 Å². The van der Waals surface area contributed by atoms with Crippen molar-refractivity contribution in [3.63, 3.8) is 0 Å². The second-order valence-corrected chi connectivity index (χ2v) is 6.80. The minimum atomic E-state index is -0.922. The van der Waals surface area contributed by atoms with Gasteiger partial charge in [-0.2, -0.15) is 5.26 Å². The Morgan fingerprint density at radius 1 is 1.28 bits per heavy atom. The summed E-state index contributed by atoms with van der Waals surface area (Å²) in [5.74, 6) is 0.713. The Hall–Kier alpha value is -2.06. The van der Waals surface area contributed by atoms with E-state index in [2.05, 4.69) is 25.2 Å². The van der Waals surface area contributed by atoms with E-state index in [1.165, 1.54) is 0 Å². The highest BCUT2D eigenvalue weighted by Gasteiger charge is 2.35. The number of anilines is 1. The molecule has 0 bridgehead atoms. The van der Waals surface area contributed by atoms with Crippen molar-refractivity contribution in [1.29, 1.82) is 5.26 Å². The smallest absolute Gasteiger partial charge is 0.256 e. The molecule has 0 aliphatic carbocycles. The predicted octanol–water partition coefficient (Wildman–Crippen LogP) is 4.52. The third-order valence-electron chi connectivity index (χ3n) is 3.74. The molecule has 25 heavy (non-hydrogen) atoms. The molecule has 0 aliphatic heterocycles. The first-order valence-electron chi connectivity index (χ1n) is 8.98. The van der Waals surface area contributed by atoms with Gasteiger partial charge >= 0.3 is 0 Å². The van der Waals surface area contributed by atoms with Gasteiger partial charge in [0.15, 0.2) is 0 Å². The van der Waals surface area contributed by atoms with Gasteiger partial charge < -0.3 is 14.8 Å². The molecule has 0 saturated carbocycles. The SMILES string of the molecule is CCCOc1ccc(NC(=O)[C@](C)(CC(C)C)OCCC)c(C#N)c1. The van der Waals surface area contributed by atoms with Crippen molar-refractivity contribution < 1.29 is 14.3 Å². The van der Waals surface area contributed by atoms with Gasteiger partial charge in [0.1, 0.15) is 17.4 Å². The third kappa shape index (κ3) is 6.39. The van der Waals surface area contributed by atoms with Crippen molar-refractivity contribution in [1.82, 2.24) is 0 Å². The second kappa shape index (κ2) is 10.0. The summed E-state index contributed by atoms with van der Waals surface area (Å²) in [7, 11) is 0. The summed E-state index contributed by atoms with van der Waals surface area (Å²) < 4.78 is 11.4. The molecule has 1 aromatic carbocycles. The molecule has 0 aliphatic rings. The van der Waals surface area contributed by atoms with Gasteiger partial charge in [-0.1, -0.05) is 27.7 Å². The number of carbonyl (C=O) groups is 1. The van der Waals surface area contributed by atoms with Crippen LogP contribution < -0.4 is 10.1 Å². The fourth-order valence-electron chi connectivity index (χ4n) is 2.61. The fraction of sp³-hybridized carbons (Fsp3) is 0.600. The molecule has 1 aromatic rings. The maximum atomic E-state index is 12.8. The van der Waals surface area contributed by atoms with Crippen LogP contribution in [0.1, 0.15) is 59.4 Å². The minimum absolute atomic E-state index is 0.228. The van der Waals surface area contributed by atoms with Crippen LogP contribution in [-0.4, -0.2) is 24.7 Å². The van der Waals surface area contributed by atoms with Crippen LogP contribution in [0.3, 0.4) is 0 Å². The van der Waals surface area contributed by atoms with E-state index in [-0.39, 0.29) is 5.91 Å². The molecular formula is C20H30N2O3. The van der Waals surface area contributed by atoms with E-state index in [4.69, 9.17) is 9.47 Å². The summed E-state index contributed by atoms with van der Waals surface area (Å²) in [6.07, 6.45) is 2.34. The van der Waals surface area contributed by atoms with Gasteiger partial charge in [0.25, 0.3) is 5.91 Å². The zero-order chi connectivity index (χ0) is 18.9. The number of benzene rings is 1. The van der Waals surface area contributed by atoms with Crippen molar-refractivity contribution in [2.45, 2.75) is 59.5 Å². The van der Waals surface area contributed by atoms with Crippen LogP contribution in [0.25, 0.3) is 0 Å². The maximum absolute atomic E-state index is 12.8. The summed E-state index contributed by atoms with van der Waals surface area (Å²) in [5, 5.41) is 12.2. The second-order valence-electron chi connectivity index (χ2n) is 6.80. The van der Waals surface area contributed by atoms with Gasteiger partial charge in [-0.15, -0.1) is 0 Å². The van der Waals surface area contributed by atoms with E-state index in [1.54, 1.807) is 18.2 Å². The van der Waals surface area contributed by atoms with E-state index in [9.17, 15) is 10.1 Å². The van der Waals surface area contributed by atoms with Crippen LogP contribution in [0.2, 0.25) is 0 Å². The van der Waals surface area contributed by atoms with Crippen LogP contribution in [0.15, 0.2) is 18.2 Å². The largest absolute Gasteiger partial charge is 0.494 e. The van der Waals surface area contributed by atoms with Crippen molar-refractivity contribution in [2.75, 3.05) is 18.5 Å². The van der Waals surface area contributed by atoms with Crippen molar-refractivity contribution >= 4 is 11.6 Å². The van der Waals surface area contributed by atoms with E-state index in [0.717, 1.165) is 12.8 Å². The van der Waals surface area contributed by atoms with Crippen LogP contribution in [0.4, 0.5) is 5.69 Å². The summed E-state index contributed by atoms with van der Waals surface area (Å²) in [4.78, 5) is 12.8. The molecule has 1 N–H and O–H groups in total. The number of nitrogens with one attached hydrogen (secondary N) is 1. The summed E-state index contributed by atoms with van der Waals surface area (Å²) in [6, 6.07) is 7.24. The lowest BCUT2D eigenvalue weighted by molar-refractivity contribution is -0.141. The Kier molecular flexibility index (Phi) is 8.44. The monoisotopic (exact) mass is 346 g/mol. The first-order chi connectivity index (χ1) is 11.9. The molecule has 0 heterocycles. The third-order valence-corrected chi connectivity index (χ3v) is 3.74. The fourth-order valence-corrected chi connectivity index (χ4v) is 2.61. The number of ether oxygens (including phenoxy) is 2. The quantitative estimate of drug-likeness (QED) is 0.676. The Morgan fingerprint density at radius 2 is 1.96 bits per heavy atom. The molecule has 0 fully saturated rings. The summed E-state index contributed by atoms with van der Waals surface area (Å²) in [6.45, 7) is 11.1. The van der Waals surface area contributed by atoms with Gasteiger partial charge in [-0.05, 0) is 50.3 Å². The number of hydrogen-bond donors (Lipinski definition) is 1. The summed E-state index contributed by atoms with van der Waals surface area (Å²) >= 11 is 0. The van der Waals surface area contributed by atoms with Crippen LogP contribution >= 0.6 is 0 Å². The number of nitrogens with zero attached hydrogens (tertiary/aromatic N) is 1. The average molecular weight is 346 g/mol. The van der Waals surface area contributed by atoms with Crippen molar-refractivity contribution in [3.05, 3.63) is 23.8 Å². The standard InChI is InChI=1S/C20H30N2O3/c1-6-10-24-17-8-9-18(16(12-17)14-21)22-19(23)20(5,13-15(3)4)25-11-7-2/h8-9,12,15H,6-7,10-11,13H2,1-5H3,(H,22,23)/t20-/m0/s1. The van der Waals surface area contributed by atoms with Crippen LogP contribution in [0.5, 0.6) is 5.75 Å².